The summed E-state index contributed by atoms with van der Waals surface area (Å²) in [7, 11) is 0. The van der Waals surface area contributed by atoms with Gasteiger partial charge in [-0.25, -0.2) is 9.97 Å². The summed E-state index contributed by atoms with van der Waals surface area (Å²) >= 11 is 6.06. The Hall–Kier alpha value is -1.96. The van der Waals surface area contributed by atoms with Crippen LogP contribution in [0.25, 0.3) is 0 Å². The second kappa shape index (κ2) is 6.47. The lowest BCUT2D eigenvalue weighted by molar-refractivity contribution is 0.781. The molecule has 0 amide bonds. The highest BCUT2D eigenvalue weighted by atomic mass is 35.5. The summed E-state index contributed by atoms with van der Waals surface area (Å²) < 4.78 is 0. The number of rotatable bonds is 2. The third kappa shape index (κ3) is 3.32. The molecular weight excluding hydrogens is 272 g/mol. The lowest BCUT2D eigenvalue weighted by Crippen LogP contribution is -2.06. The van der Waals surface area contributed by atoms with Crippen molar-refractivity contribution in [2.45, 2.75) is 26.3 Å². The smallest absolute Gasteiger partial charge is 0.148 e. The van der Waals surface area contributed by atoms with Crippen LogP contribution in [0.1, 0.15) is 42.4 Å². The molecule has 0 saturated heterocycles. The monoisotopic (exact) mass is 286 g/mol. The van der Waals surface area contributed by atoms with Crippen LogP contribution in [0, 0.1) is 11.8 Å². The molecule has 4 nitrogen and oxygen atoms in total. The molecule has 0 saturated carbocycles. The first-order chi connectivity index (χ1) is 9.61. The fourth-order valence-electron chi connectivity index (χ4n) is 1.67. The predicted octanol–water partition coefficient (Wildman–Crippen LogP) is 2.51. The van der Waals surface area contributed by atoms with Gasteiger partial charge in [-0.2, -0.15) is 0 Å². The molecule has 0 spiro atoms. The third-order valence-corrected chi connectivity index (χ3v) is 3.09. The van der Waals surface area contributed by atoms with Gasteiger partial charge >= 0.3 is 0 Å². The summed E-state index contributed by atoms with van der Waals surface area (Å²) in [5, 5.41) is 0.379. The van der Waals surface area contributed by atoms with Crippen LogP contribution in [-0.2, 0) is 6.42 Å². The zero-order valence-corrected chi connectivity index (χ0v) is 12.1. The molecule has 20 heavy (non-hydrogen) atoms. The van der Waals surface area contributed by atoms with Gasteiger partial charge in [-0.3, -0.25) is 4.98 Å². The lowest BCUT2D eigenvalue weighted by atomic mass is 10.1. The zero-order chi connectivity index (χ0) is 14.5. The Balaban J connectivity index is 2.31. The van der Waals surface area contributed by atoms with Crippen molar-refractivity contribution < 1.29 is 0 Å². The molecule has 102 valence electrons. The Morgan fingerprint density at radius 3 is 2.65 bits per heavy atom. The fourth-order valence-corrected chi connectivity index (χ4v) is 1.87. The number of aromatic nitrogens is 3. The van der Waals surface area contributed by atoms with Crippen LogP contribution in [0.2, 0.25) is 5.15 Å². The van der Waals surface area contributed by atoms with Crippen LogP contribution in [0.15, 0.2) is 24.7 Å². The van der Waals surface area contributed by atoms with Crippen LogP contribution in [0.3, 0.4) is 0 Å². The van der Waals surface area contributed by atoms with Crippen molar-refractivity contribution in [3.63, 3.8) is 0 Å². The van der Waals surface area contributed by atoms with Crippen LogP contribution in [0.4, 0.5) is 0 Å². The van der Waals surface area contributed by atoms with E-state index in [0.717, 1.165) is 23.4 Å². The Kier molecular flexibility index (Phi) is 4.67. The zero-order valence-electron chi connectivity index (χ0n) is 11.4. The van der Waals surface area contributed by atoms with Crippen molar-refractivity contribution in [1.29, 1.82) is 0 Å². The van der Waals surface area contributed by atoms with Crippen LogP contribution in [0.5, 0.6) is 0 Å². The standard InChI is InChI=1S/C15H15ClN4/c1-3-13-12(15(16)20-9-19-13)6-4-11-5-7-14(10(2)17)18-8-11/h5,7-10H,3,17H2,1-2H3. The average molecular weight is 287 g/mol. The highest BCUT2D eigenvalue weighted by molar-refractivity contribution is 6.30. The maximum absolute atomic E-state index is 6.06. The summed E-state index contributed by atoms with van der Waals surface area (Å²) in [6.07, 6.45) is 3.91. The Bertz CT molecular complexity index is 654. The van der Waals surface area contributed by atoms with Gasteiger partial charge in [0.25, 0.3) is 0 Å². The van der Waals surface area contributed by atoms with Gasteiger partial charge < -0.3 is 5.73 Å². The van der Waals surface area contributed by atoms with Gasteiger partial charge in [-0.05, 0) is 25.5 Å². The largest absolute Gasteiger partial charge is 0.323 e. The molecule has 2 heterocycles. The van der Waals surface area contributed by atoms with Crippen LogP contribution >= 0.6 is 11.6 Å². The Morgan fingerprint density at radius 1 is 1.25 bits per heavy atom. The molecule has 2 N–H and O–H groups in total. The number of aryl methyl sites for hydroxylation is 1. The molecule has 0 aliphatic heterocycles. The van der Waals surface area contributed by atoms with E-state index in [2.05, 4.69) is 26.8 Å². The molecule has 0 radical (unpaired) electrons. The van der Waals surface area contributed by atoms with E-state index >= 15 is 0 Å². The highest BCUT2D eigenvalue weighted by Gasteiger charge is 2.05. The molecule has 2 aromatic rings. The highest BCUT2D eigenvalue weighted by Crippen LogP contribution is 2.14. The van der Waals surface area contributed by atoms with E-state index in [4.69, 9.17) is 17.3 Å². The molecule has 0 bridgehead atoms. The summed E-state index contributed by atoms with van der Waals surface area (Å²) in [6.45, 7) is 3.89. The van der Waals surface area contributed by atoms with Gasteiger partial charge in [-0.1, -0.05) is 30.4 Å². The first kappa shape index (κ1) is 14.4. The summed E-state index contributed by atoms with van der Waals surface area (Å²) in [6, 6.07) is 3.68. The van der Waals surface area contributed by atoms with E-state index in [0.29, 0.717) is 10.7 Å². The summed E-state index contributed by atoms with van der Waals surface area (Å²) in [5.74, 6) is 6.04. The first-order valence-electron chi connectivity index (χ1n) is 6.34. The number of pyridine rings is 1. The molecule has 1 unspecified atom stereocenters. The number of halogens is 1. The van der Waals surface area contributed by atoms with Crippen molar-refractivity contribution in [1.82, 2.24) is 15.0 Å². The normalized spacial score (nSPS) is 11.6. The van der Waals surface area contributed by atoms with Gasteiger partial charge in [-0.15, -0.1) is 0 Å². The van der Waals surface area contributed by atoms with E-state index in [1.165, 1.54) is 6.33 Å². The van der Waals surface area contributed by atoms with Gasteiger partial charge in [0.15, 0.2) is 0 Å². The van der Waals surface area contributed by atoms with Gasteiger partial charge in [0, 0.05) is 17.8 Å². The van der Waals surface area contributed by atoms with E-state index < -0.39 is 0 Å². The number of hydrogen-bond acceptors (Lipinski definition) is 4. The lowest BCUT2D eigenvalue weighted by Gasteiger charge is -2.03. The molecule has 2 rings (SSSR count). The number of hydrogen-bond donors (Lipinski definition) is 1. The van der Waals surface area contributed by atoms with Gasteiger partial charge in [0.05, 0.1) is 17.0 Å². The van der Waals surface area contributed by atoms with E-state index in [-0.39, 0.29) is 6.04 Å². The van der Waals surface area contributed by atoms with Crippen molar-refractivity contribution in [2.75, 3.05) is 0 Å². The number of nitrogens with two attached hydrogens (primary N) is 1. The second-order valence-electron chi connectivity index (χ2n) is 4.35. The van der Waals surface area contributed by atoms with Crippen molar-refractivity contribution in [3.8, 4) is 11.8 Å². The Labute approximate surface area is 123 Å². The van der Waals surface area contributed by atoms with E-state index in [9.17, 15) is 0 Å². The molecule has 0 aromatic carbocycles. The maximum atomic E-state index is 6.06. The third-order valence-electron chi connectivity index (χ3n) is 2.80. The predicted molar refractivity (Wildman–Crippen MR) is 79.2 cm³/mol. The molecule has 0 aliphatic carbocycles. The minimum atomic E-state index is -0.0827. The van der Waals surface area contributed by atoms with Crippen LogP contribution in [-0.4, -0.2) is 15.0 Å². The quantitative estimate of drug-likeness (QED) is 0.680. The fraction of sp³-hybridized carbons (Fsp3) is 0.267. The molecule has 2 aromatic heterocycles. The topological polar surface area (TPSA) is 64.7 Å². The summed E-state index contributed by atoms with van der Waals surface area (Å²) in [5.41, 5.74) is 8.91. The number of nitrogens with zero attached hydrogens (tertiary/aromatic N) is 3. The van der Waals surface area contributed by atoms with Crippen LogP contribution < -0.4 is 5.73 Å². The van der Waals surface area contributed by atoms with E-state index in [1.54, 1.807) is 6.20 Å². The van der Waals surface area contributed by atoms with E-state index in [1.807, 2.05) is 26.0 Å². The molecule has 1 atom stereocenters. The molecular formula is C15H15ClN4. The van der Waals surface area contributed by atoms with Gasteiger partial charge in [0.2, 0.25) is 0 Å². The Morgan fingerprint density at radius 2 is 2.05 bits per heavy atom. The molecule has 5 heteroatoms. The van der Waals surface area contributed by atoms with Gasteiger partial charge in [0.1, 0.15) is 11.5 Å². The summed E-state index contributed by atoms with van der Waals surface area (Å²) in [4.78, 5) is 12.4. The minimum absolute atomic E-state index is 0.0827. The van der Waals surface area contributed by atoms with Crippen molar-refractivity contribution in [3.05, 3.63) is 52.3 Å². The first-order valence-corrected chi connectivity index (χ1v) is 6.72. The van der Waals surface area contributed by atoms with Crippen molar-refractivity contribution in [2.24, 2.45) is 5.73 Å². The molecule has 0 aliphatic rings. The maximum Gasteiger partial charge on any atom is 0.148 e. The molecule has 0 fully saturated rings. The minimum Gasteiger partial charge on any atom is -0.323 e. The average Bonchev–Trinajstić information content (AvgIpc) is 2.46. The second-order valence-corrected chi connectivity index (χ2v) is 4.71. The van der Waals surface area contributed by atoms with Crippen molar-refractivity contribution >= 4 is 11.6 Å². The SMILES string of the molecule is CCc1ncnc(Cl)c1C#Cc1ccc(C(C)N)nc1.